The maximum atomic E-state index is 2.70. The van der Waals surface area contributed by atoms with Crippen molar-refractivity contribution in [3.63, 3.8) is 0 Å². The van der Waals surface area contributed by atoms with Gasteiger partial charge in [0.25, 0.3) is 6.71 Å². The fraction of sp³-hybridized carbons (Fsp3) is 0. The maximum Gasteiger partial charge on any atom is 0.252 e. The maximum absolute atomic E-state index is 2.70. The number of hydrogen-bond acceptors (Lipinski definition) is 4. The second-order valence-corrected chi connectivity index (χ2v) is 28.4. The van der Waals surface area contributed by atoms with Crippen LogP contribution < -0.4 is 26.2 Å². The molecule has 454 valence electrons. The molecule has 0 atom stereocenters. The third kappa shape index (κ3) is 7.66. The van der Waals surface area contributed by atoms with Crippen LogP contribution in [0.2, 0.25) is 0 Å². The summed E-state index contributed by atoms with van der Waals surface area (Å²) < 4.78 is 12.6. The smallest absolute Gasteiger partial charge is 0.252 e. The van der Waals surface area contributed by atoms with Gasteiger partial charge in [-0.25, -0.2) is 0 Å². The normalized spacial score (nSPS) is 12.8. The van der Waals surface area contributed by atoms with Gasteiger partial charge in [0.15, 0.2) is 0 Å². The van der Waals surface area contributed by atoms with E-state index in [-0.39, 0.29) is 6.71 Å². The lowest BCUT2D eigenvalue weighted by molar-refractivity contribution is 1.16. The zero-order valence-electron chi connectivity index (χ0n) is 52.8. The molecule has 22 rings (SSSR count). The first-order valence-electron chi connectivity index (χ1n) is 33.7. The highest BCUT2D eigenvalue weighted by Crippen LogP contribution is 2.54. The molecule has 15 aromatic carbocycles. The molecule has 0 unspecified atom stereocenters. The molecule has 0 N–H and O–H groups in total. The van der Waals surface area contributed by atoms with Gasteiger partial charge in [0.2, 0.25) is 0 Å². The van der Waals surface area contributed by atoms with Gasteiger partial charge < -0.3 is 23.5 Å². The summed E-state index contributed by atoms with van der Waals surface area (Å²) in [6, 6.07) is 124. The van der Waals surface area contributed by atoms with Crippen LogP contribution in [0, 0.1) is 0 Å². The van der Waals surface area contributed by atoms with Crippen molar-refractivity contribution in [2.45, 2.75) is 0 Å². The molecule has 2 aliphatic heterocycles. The van der Waals surface area contributed by atoms with Gasteiger partial charge in [0, 0.05) is 107 Å². The predicted octanol–water partition coefficient (Wildman–Crippen LogP) is 23.1. The largest absolute Gasteiger partial charge is 0.311 e. The highest BCUT2D eigenvalue weighted by molar-refractivity contribution is 7.26. The molecule has 0 bridgehead atoms. The number of benzene rings is 15. The summed E-state index contributed by atoms with van der Waals surface area (Å²) in [7, 11) is 0. The van der Waals surface area contributed by atoms with Crippen LogP contribution in [0.1, 0.15) is 0 Å². The Hall–Kier alpha value is -12.2. The van der Waals surface area contributed by atoms with E-state index in [1.165, 1.54) is 133 Å². The number of rotatable bonds is 7. The monoisotopic (exact) mass is 1280 g/mol. The van der Waals surface area contributed by atoms with Crippen molar-refractivity contribution < 1.29 is 0 Å². The molecule has 0 amide bonds. The minimum atomic E-state index is -0.262. The molecule has 2 aliphatic rings. The van der Waals surface area contributed by atoms with Gasteiger partial charge in [0.05, 0.1) is 50.2 Å². The molecular formula is C90H54BN5S2. The second kappa shape index (κ2) is 20.7. The fourth-order valence-corrected chi connectivity index (χ4v) is 19.3. The molecule has 98 heavy (non-hydrogen) atoms. The van der Waals surface area contributed by atoms with Crippen LogP contribution in [-0.4, -0.2) is 20.4 Å². The Morgan fingerprint density at radius 2 is 0.582 bits per heavy atom. The van der Waals surface area contributed by atoms with Gasteiger partial charge in [-0.2, -0.15) is 0 Å². The number of nitrogens with zero attached hydrogens (tertiary/aromatic N) is 5. The third-order valence-electron chi connectivity index (χ3n) is 21.1. The van der Waals surface area contributed by atoms with E-state index in [1.807, 2.05) is 22.7 Å². The van der Waals surface area contributed by atoms with Crippen molar-refractivity contribution in [2.24, 2.45) is 0 Å². The highest BCUT2D eigenvalue weighted by Gasteiger charge is 2.46. The lowest BCUT2D eigenvalue weighted by Gasteiger charge is -2.45. The van der Waals surface area contributed by atoms with E-state index < -0.39 is 0 Å². The summed E-state index contributed by atoms with van der Waals surface area (Å²) in [5.74, 6) is 0. The summed E-state index contributed by atoms with van der Waals surface area (Å²) in [6.07, 6.45) is 0. The molecule has 8 heteroatoms. The van der Waals surface area contributed by atoms with Crippen LogP contribution in [0.3, 0.4) is 0 Å². The van der Waals surface area contributed by atoms with Crippen molar-refractivity contribution >= 4 is 186 Å². The Bertz CT molecular complexity index is 6360. The number of aromatic nitrogens is 3. The van der Waals surface area contributed by atoms with E-state index in [4.69, 9.17) is 0 Å². The van der Waals surface area contributed by atoms with E-state index in [9.17, 15) is 0 Å². The van der Waals surface area contributed by atoms with Gasteiger partial charge in [-0.05, 0) is 172 Å². The van der Waals surface area contributed by atoms with Crippen LogP contribution in [0.5, 0.6) is 0 Å². The molecule has 0 saturated heterocycles. The third-order valence-corrected chi connectivity index (χ3v) is 23.4. The minimum absolute atomic E-state index is 0.262. The van der Waals surface area contributed by atoms with E-state index >= 15 is 0 Å². The number of anilines is 6. The number of hydrogen-bond donors (Lipinski definition) is 0. The Balaban J connectivity index is 0.943. The SMILES string of the molecule is c1ccc(-c2ccc3c(c2)c2cc(-c4ccccc4)ccc2n3-c2cc3c4c(c2)N(c2cccc5sc6ccccc6c25)c2cc5c6ccccc6n(-c6ccccc6)c5cc2B4c2cc4c(cc2N3c2cccc3sc5ccccc5c23)c2ccccc2n4-c2ccccc2)cc1. The van der Waals surface area contributed by atoms with Crippen LogP contribution in [0.25, 0.3) is 145 Å². The molecule has 0 spiro atoms. The fourth-order valence-electron chi connectivity index (χ4n) is 17.1. The molecule has 0 radical (unpaired) electrons. The molecule has 5 nitrogen and oxygen atoms in total. The Labute approximate surface area is 572 Å². The van der Waals surface area contributed by atoms with Gasteiger partial charge in [0.1, 0.15) is 0 Å². The van der Waals surface area contributed by atoms with Crippen molar-refractivity contribution in [3.05, 3.63) is 328 Å². The first kappa shape index (κ1) is 54.1. The van der Waals surface area contributed by atoms with Crippen LogP contribution in [0.15, 0.2) is 328 Å². The highest BCUT2D eigenvalue weighted by atomic mass is 32.1. The average Bonchev–Trinajstić information content (AvgIpc) is 1.03. The number of thiophene rings is 2. The number of para-hydroxylation sites is 4. The van der Waals surface area contributed by atoms with E-state index in [0.29, 0.717) is 0 Å². The van der Waals surface area contributed by atoms with Crippen LogP contribution in [0.4, 0.5) is 34.1 Å². The summed E-state index contributed by atoms with van der Waals surface area (Å²) in [4.78, 5) is 5.39. The van der Waals surface area contributed by atoms with Crippen molar-refractivity contribution in [1.29, 1.82) is 0 Å². The van der Waals surface area contributed by atoms with Gasteiger partial charge >= 0.3 is 0 Å². The van der Waals surface area contributed by atoms with Crippen LogP contribution in [-0.2, 0) is 0 Å². The summed E-state index contributed by atoms with van der Waals surface area (Å²) in [5.41, 5.74) is 25.7. The Morgan fingerprint density at radius 1 is 0.214 bits per heavy atom. The summed E-state index contributed by atoms with van der Waals surface area (Å²) in [5, 5.41) is 12.2. The topological polar surface area (TPSA) is 21.3 Å². The molecule has 0 saturated carbocycles. The summed E-state index contributed by atoms with van der Waals surface area (Å²) >= 11 is 3.76. The van der Waals surface area contributed by atoms with Gasteiger partial charge in [-0.15, -0.1) is 22.7 Å². The standard InChI is InChI=1S/C90H54BN5S2/c1-5-23-55(24-6-1)57-43-45-74-66(47-57)67-48-58(56-25-7-2-8-26-56)44-46-75(67)94(74)61-49-82-90-83(50-61)96(77-38-22-42-87-89(77)65-34-16-20-40-85(65)98-87)81-52-69-63-32-14-18-36-73(63)93(60-29-11-4-12-30-60)79(69)54-71(81)91(90)70-53-78-68(62-31-13-17-35-72(62)92(78)59-27-9-3-10-28-59)51-80(70)95(82)76-37-21-41-86-88(76)64-33-15-19-39-84(64)97-86/h1-54H. The van der Waals surface area contributed by atoms with Gasteiger partial charge in [-0.1, -0.05) is 194 Å². The Kier molecular flexibility index (Phi) is 11.4. The van der Waals surface area contributed by atoms with E-state index in [0.717, 1.165) is 62.2 Å². The molecule has 5 aromatic heterocycles. The zero-order valence-corrected chi connectivity index (χ0v) is 54.4. The lowest BCUT2D eigenvalue weighted by Crippen LogP contribution is -2.61. The quantitative estimate of drug-likeness (QED) is 0.148. The molecule has 0 fully saturated rings. The molecule has 20 aromatic rings. The zero-order chi connectivity index (χ0) is 63.8. The first-order chi connectivity index (χ1) is 48.6. The van der Waals surface area contributed by atoms with Crippen LogP contribution >= 0.6 is 22.7 Å². The molecule has 0 aliphatic carbocycles. The van der Waals surface area contributed by atoms with Crippen molar-refractivity contribution in [2.75, 3.05) is 9.80 Å². The predicted molar refractivity (Wildman–Crippen MR) is 420 cm³/mol. The lowest BCUT2D eigenvalue weighted by atomic mass is 9.33. The van der Waals surface area contributed by atoms with Gasteiger partial charge in [-0.3, -0.25) is 0 Å². The van der Waals surface area contributed by atoms with E-state index in [2.05, 4.69) is 351 Å². The molecular weight excluding hydrogens is 1230 g/mol. The minimum Gasteiger partial charge on any atom is -0.311 e. The van der Waals surface area contributed by atoms with Crippen molar-refractivity contribution in [3.8, 4) is 39.3 Å². The summed E-state index contributed by atoms with van der Waals surface area (Å²) in [6.45, 7) is -0.262. The van der Waals surface area contributed by atoms with E-state index in [1.54, 1.807) is 0 Å². The van der Waals surface area contributed by atoms with Crippen molar-refractivity contribution in [1.82, 2.24) is 13.7 Å². The first-order valence-corrected chi connectivity index (χ1v) is 35.3. The second-order valence-electron chi connectivity index (χ2n) is 26.3. The molecule has 7 heterocycles. The average molecular weight is 1280 g/mol. The Morgan fingerprint density at radius 3 is 1.04 bits per heavy atom. The number of fused-ring (bicyclic) bond motifs is 19.